The van der Waals surface area contributed by atoms with E-state index >= 15 is 0 Å². The van der Waals surface area contributed by atoms with E-state index in [1.54, 1.807) is 0 Å². The molecule has 1 heteroatoms. The van der Waals surface area contributed by atoms with Crippen molar-refractivity contribution < 1.29 is 4.74 Å². The van der Waals surface area contributed by atoms with Gasteiger partial charge in [0, 0.05) is 6.61 Å². The van der Waals surface area contributed by atoms with Crippen molar-refractivity contribution >= 4 is 0 Å². The highest BCUT2D eigenvalue weighted by molar-refractivity contribution is 4.75. The Hall–Kier alpha value is -0.0400. The molecule has 1 nitrogen and oxygen atoms in total. The summed E-state index contributed by atoms with van der Waals surface area (Å²) in [6, 6.07) is 0. The van der Waals surface area contributed by atoms with Crippen LogP contribution in [-0.2, 0) is 4.74 Å². The maximum Gasteiger partial charge on any atom is 0.0674 e. The Bertz CT molecular complexity index is 95.3. The summed E-state index contributed by atoms with van der Waals surface area (Å²) in [6.07, 6.45) is 3.39. The average molecular weight is 172 g/mol. The molecule has 0 N–H and O–H groups in total. The summed E-state index contributed by atoms with van der Waals surface area (Å²) in [5, 5.41) is 0. The Balaban J connectivity index is 3.93. The zero-order valence-corrected chi connectivity index (χ0v) is 9.31. The molecule has 0 saturated heterocycles. The standard InChI is InChI=1S/C11H24O/c1-6-11(7-2,8-3)12-9-10(4)5/h10H,6-9H2,1-5H3. The van der Waals surface area contributed by atoms with Gasteiger partial charge in [-0.2, -0.15) is 0 Å². The fraction of sp³-hybridized carbons (Fsp3) is 1.00. The van der Waals surface area contributed by atoms with Crippen LogP contribution in [0.1, 0.15) is 53.9 Å². The van der Waals surface area contributed by atoms with Crippen LogP contribution in [0.25, 0.3) is 0 Å². The highest BCUT2D eigenvalue weighted by Gasteiger charge is 2.24. The van der Waals surface area contributed by atoms with Gasteiger partial charge in [0.25, 0.3) is 0 Å². The monoisotopic (exact) mass is 172 g/mol. The first-order valence-electron chi connectivity index (χ1n) is 5.24. The molecule has 0 spiro atoms. The van der Waals surface area contributed by atoms with E-state index in [-0.39, 0.29) is 5.60 Å². The van der Waals surface area contributed by atoms with Crippen molar-refractivity contribution in [2.45, 2.75) is 59.5 Å². The highest BCUT2D eigenvalue weighted by atomic mass is 16.5. The van der Waals surface area contributed by atoms with Gasteiger partial charge in [0.1, 0.15) is 0 Å². The number of ether oxygens (including phenoxy) is 1. The van der Waals surface area contributed by atoms with Gasteiger partial charge in [-0.1, -0.05) is 34.6 Å². The molecule has 0 aromatic heterocycles. The molecule has 74 valence electrons. The summed E-state index contributed by atoms with van der Waals surface area (Å²) < 4.78 is 5.94. The molecule has 0 aromatic rings. The zero-order valence-electron chi connectivity index (χ0n) is 9.31. The number of rotatable bonds is 6. The van der Waals surface area contributed by atoms with Crippen LogP contribution in [0.3, 0.4) is 0 Å². The molecule has 0 rings (SSSR count). The number of hydrogen-bond donors (Lipinski definition) is 0. The van der Waals surface area contributed by atoms with Crippen molar-refractivity contribution in [3.8, 4) is 0 Å². The van der Waals surface area contributed by atoms with Gasteiger partial charge in [0.05, 0.1) is 5.60 Å². The minimum absolute atomic E-state index is 0.157. The van der Waals surface area contributed by atoms with Crippen LogP contribution < -0.4 is 0 Å². The minimum atomic E-state index is 0.157. The van der Waals surface area contributed by atoms with Gasteiger partial charge in [-0.05, 0) is 25.2 Å². The van der Waals surface area contributed by atoms with Crippen LogP contribution in [0.15, 0.2) is 0 Å². The molecular weight excluding hydrogens is 148 g/mol. The maximum atomic E-state index is 5.94. The lowest BCUT2D eigenvalue weighted by atomic mass is 9.94. The van der Waals surface area contributed by atoms with E-state index in [4.69, 9.17) is 4.74 Å². The number of hydrogen-bond acceptors (Lipinski definition) is 1. The summed E-state index contributed by atoms with van der Waals surface area (Å²) in [4.78, 5) is 0. The zero-order chi connectivity index (χ0) is 9.61. The Morgan fingerprint density at radius 2 is 1.42 bits per heavy atom. The van der Waals surface area contributed by atoms with Crippen molar-refractivity contribution in [3.63, 3.8) is 0 Å². The van der Waals surface area contributed by atoms with Crippen LogP contribution in [0.5, 0.6) is 0 Å². The summed E-state index contributed by atoms with van der Waals surface area (Å²) in [6.45, 7) is 11.9. The molecule has 0 bridgehead atoms. The van der Waals surface area contributed by atoms with Gasteiger partial charge < -0.3 is 4.74 Å². The Morgan fingerprint density at radius 3 is 1.67 bits per heavy atom. The van der Waals surface area contributed by atoms with Gasteiger partial charge in [-0.3, -0.25) is 0 Å². The van der Waals surface area contributed by atoms with E-state index in [1.807, 2.05) is 0 Å². The smallest absolute Gasteiger partial charge is 0.0674 e. The third kappa shape index (κ3) is 3.57. The van der Waals surface area contributed by atoms with Gasteiger partial charge >= 0.3 is 0 Å². The lowest BCUT2D eigenvalue weighted by Crippen LogP contribution is -2.31. The van der Waals surface area contributed by atoms with Crippen molar-refractivity contribution in [3.05, 3.63) is 0 Å². The molecule has 0 aromatic carbocycles. The maximum absolute atomic E-state index is 5.94. The second kappa shape index (κ2) is 5.58. The normalized spacial score (nSPS) is 12.5. The lowest BCUT2D eigenvalue weighted by Gasteiger charge is -2.31. The molecule has 0 aliphatic heterocycles. The molecule has 0 radical (unpaired) electrons. The summed E-state index contributed by atoms with van der Waals surface area (Å²) in [7, 11) is 0. The molecule has 0 fully saturated rings. The van der Waals surface area contributed by atoms with Gasteiger partial charge in [0.2, 0.25) is 0 Å². The Kier molecular flexibility index (Phi) is 5.56. The van der Waals surface area contributed by atoms with Crippen molar-refractivity contribution in [1.82, 2.24) is 0 Å². The van der Waals surface area contributed by atoms with Crippen LogP contribution in [0, 0.1) is 5.92 Å². The summed E-state index contributed by atoms with van der Waals surface area (Å²) in [5.74, 6) is 0.647. The highest BCUT2D eigenvalue weighted by Crippen LogP contribution is 2.24. The SMILES string of the molecule is CCC(CC)(CC)OCC(C)C. The predicted molar refractivity (Wildman–Crippen MR) is 54.4 cm³/mol. The topological polar surface area (TPSA) is 9.23 Å². The molecule has 0 aliphatic carbocycles. The predicted octanol–water partition coefficient (Wildman–Crippen LogP) is 3.63. The Labute approximate surface area is 77.5 Å². The molecular formula is C11H24O. The first-order valence-corrected chi connectivity index (χ1v) is 5.24. The van der Waals surface area contributed by atoms with Crippen LogP contribution >= 0.6 is 0 Å². The fourth-order valence-corrected chi connectivity index (χ4v) is 1.40. The third-order valence-electron chi connectivity index (χ3n) is 2.66. The van der Waals surface area contributed by atoms with Gasteiger partial charge in [0.15, 0.2) is 0 Å². The van der Waals surface area contributed by atoms with Crippen molar-refractivity contribution in [2.24, 2.45) is 5.92 Å². The first kappa shape index (κ1) is 12.0. The largest absolute Gasteiger partial charge is 0.375 e. The summed E-state index contributed by atoms with van der Waals surface area (Å²) in [5.41, 5.74) is 0.157. The Morgan fingerprint density at radius 1 is 1.00 bits per heavy atom. The van der Waals surface area contributed by atoms with E-state index in [2.05, 4.69) is 34.6 Å². The molecule has 0 heterocycles. The molecule has 12 heavy (non-hydrogen) atoms. The van der Waals surface area contributed by atoms with Crippen LogP contribution in [-0.4, -0.2) is 12.2 Å². The van der Waals surface area contributed by atoms with E-state index in [1.165, 1.54) is 0 Å². The molecule has 0 unspecified atom stereocenters. The molecule has 0 atom stereocenters. The second-order valence-corrected chi connectivity index (χ2v) is 3.95. The first-order chi connectivity index (χ1) is 5.60. The third-order valence-corrected chi connectivity index (χ3v) is 2.66. The average Bonchev–Trinajstić information content (AvgIpc) is 2.08. The molecule has 0 amide bonds. The quantitative estimate of drug-likeness (QED) is 0.594. The van der Waals surface area contributed by atoms with Crippen LogP contribution in [0.2, 0.25) is 0 Å². The van der Waals surface area contributed by atoms with E-state index in [9.17, 15) is 0 Å². The lowest BCUT2D eigenvalue weighted by molar-refractivity contribution is -0.0648. The summed E-state index contributed by atoms with van der Waals surface area (Å²) >= 11 is 0. The van der Waals surface area contributed by atoms with E-state index < -0.39 is 0 Å². The molecule has 0 aliphatic rings. The second-order valence-electron chi connectivity index (χ2n) is 3.95. The van der Waals surface area contributed by atoms with E-state index in [0.717, 1.165) is 25.9 Å². The van der Waals surface area contributed by atoms with Gasteiger partial charge in [-0.15, -0.1) is 0 Å². The van der Waals surface area contributed by atoms with Gasteiger partial charge in [-0.25, -0.2) is 0 Å². The van der Waals surface area contributed by atoms with E-state index in [0.29, 0.717) is 5.92 Å². The van der Waals surface area contributed by atoms with Crippen molar-refractivity contribution in [2.75, 3.05) is 6.61 Å². The minimum Gasteiger partial charge on any atom is -0.375 e. The fourth-order valence-electron chi connectivity index (χ4n) is 1.40. The molecule has 0 saturated carbocycles. The van der Waals surface area contributed by atoms with Crippen molar-refractivity contribution in [1.29, 1.82) is 0 Å². The van der Waals surface area contributed by atoms with Crippen LogP contribution in [0.4, 0.5) is 0 Å².